The number of anilines is 2. The standard InChI is InChI=1S/C28H29N3O4S/c1-18(2)16-25(35-22-13-10-20-14-15-30-27(29)24(20)17-22)28(32)31-21-11-8-19(9-12-21)23-6-4-5-7-26(23)36(3,33)34/h4-15,17-18,25H,16H2,1-3H3,(H2,29,30)(H,31,32). The summed E-state index contributed by atoms with van der Waals surface area (Å²) >= 11 is 0. The van der Waals surface area contributed by atoms with Crippen molar-refractivity contribution in [3.63, 3.8) is 0 Å². The quantitative estimate of drug-likeness (QED) is 0.337. The van der Waals surface area contributed by atoms with E-state index in [0.29, 0.717) is 29.2 Å². The number of hydrogen-bond donors (Lipinski definition) is 2. The molecule has 0 saturated heterocycles. The van der Waals surface area contributed by atoms with Crippen molar-refractivity contribution < 1.29 is 17.9 Å². The average Bonchev–Trinajstić information content (AvgIpc) is 2.84. The van der Waals surface area contributed by atoms with Gasteiger partial charge in [0.1, 0.15) is 11.6 Å². The first kappa shape index (κ1) is 25.2. The molecule has 3 aromatic carbocycles. The number of amides is 1. The smallest absolute Gasteiger partial charge is 0.265 e. The van der Waals surface area contributed by atoms with Crippen molar-refractivity contribution in [1.29, 1.82) is 0 Å². The maximum Gasteiger partial charge on any atom is 0.265 e. The van der Waals surface area contributed by atoms with Gasteiger partial charge in [-0.2, -0.15) is 0 Å². The van der Waals surface area contributed by atoms with Gasteiger partial charge in [0.15, 0.2) is 15.9 Å². The van der Waals surface area contributed by atoms with Crippen molar-refractivity contribution >= 4 is 38.0 Å². The van der Waals surface area contributed by atoms with Crippen molar-refractivity contribution in [3.8, 4) is 16.9 Å². The Morgan fingerprint density at radius 2 is 1.75 bits per heavy atom. The lowest BCUT2D eigenvalue weighted by molar-refractivity contribution is -0.123. The molecule has 1 amide bonds. The molecule has 3 N–H and O–H groups in total. The fourth-order valence-electron chi connectivity index (χ4n) is 4.03. The van der Waals surface area contributed by atoms with Crippen molar-refractivity contribution in [1.82, 2.24) is 4.98 Å². The summed E-state index contributed by atoms with van der Waals surface area (Å²) in [7, 11) is -3.38. The van der Waals surface area contributed by atoms with Crippen molar-refractivity contribution in [2.24, 2.45) is 5.92 Å². The monoisotopic (exact) mass is 503 g/mol. The summed E-state index contributed by atoms with van der Waals surface area (Å²) < 4.78 is 30.4. The number of benzene rings is 3. The van der Waals surface area contributed by atoms with Crippen LogP contribution in [0.25, 0.3) is 21.9 Å². The van der Waals surface area contributed by atoms with Crippen molar-refractivity contribution in [3.05, 3.63) is 79.0 Å². The van der Waals surface area contributed by atoms with Crippen LogP contribution >= 0.6 is 0 Å². The maximum absolute atomic E-state index is 13.2. The number of rotatable bonds is 8. The molecule has 0 aliphatic rings. The highest BCUT2D eigenvalue weighted by atomic mass is 32.2. The number of nitrogens with one attached hydrogen (secondary N) is 1. The largest absolute Gasteiger partial charge is 0.481 e. The zero-order valence-electron chi connectivity index (χ0n) is 20.4. The van der Waals surface area contributed by atoms with Crippen LogP contribution in [-0.4, -0.2) is 31.7 Å². The Morgan fingerprint density at radius 1 is 1.03 bits per heavy atom. The minimum absolute atomic E-state index is 0.225. The third kappa shape index (κ3) is 5.83. The molecule has 1 unspecified atom stereocenters. The first-order chi connectivity index (χ1) is 17.1. The van der Waals surface area contributed by atoms with E-state index >= 15 is 0 Å². The van der Waals surface area contributed by atoms with Crippen LogP contribution < -0.4 is 15.8 Å². The van der Waals surface area contributed by atoms with E-state index in [2.05, 4.69) is 10.3 Å². The zero-order valence-corrected chi connectivity index (χ0v) is 21.2. The Hall–Kier alpha value is -3.91. The highest BCUT2D eigenvalue weighted by Gasteiger charge is 2.23. The van der Waals surface area contributed by atoms with E-state index in [-0.39, 0.29) is 16.7 Å². The van der Waals surface area contributed by atoms with Crippen molar-refractivity contribution in [2.75, 3.05) is 17.3 Å². The number of carbonyl (C=O) groups excluding carboxylic acids is 1. The molecule has 8 heteroatoms. The number of nitrogen functional groups attached to an aromatic ring is 1. The molecule has 0 aliphatic carbocycles. The van der Waals surface area contributed by atoms with E-state index in [4.69, 9.17) is 10.5 Å². The van der Waals surface area contributed by atoms with Crippen LogP contribution in [-0.2, 0) is 14.6 Å². The molecule has 1 heterocycles. The lowest BCUT2D eigenvalue weighted by atomic mass is 10.0. The van der Waals surface area contributed by atoms with Crippen molar-refractivity contribution in [2.45, 2.75) is 31.3 Å². The molecule has 0 saturated carbocycles. The Labute approximate surface area is 211 Å². The van der Waals surface area contributed by atoms with E-state index in [9.17, 15) is 13.2 Å². The van der Waals surface area contributed by atoms with Gasteiger partial charge in [0.25, 0.3) is 5.91 Å². The van der Waals surface area contributed by atoms with Gasteiger partial charge in [-0.3, -0.25) is 4.79 Å². The van der Waals surface area contributed by atoms with Gasteiger partial charge in [-0.1, -0.05) is 50.2 Å². The van der Waals surface area contributed by atoms with E-state index in [1.165, 1.54) is 6.26 Å². The number of pyridine rings is 1. The Kier molecular flexibility index (Phi) is 7.26. The molecule has 4 aromatic rings. The Morgan fingerprint density at radius 3 is 2.44 bits per heavy atom. The summed E-state index contributed by atoms with van der Waals surface area (Å²) in [5, 5.41) is 4.63. The molecule has 0 fully saturated rings. The second-order valence-corrected chi connectivity index (χ2v) is 11.1. The number of ether oxygens (including phenoxy) is 1. The third-order valence-corrected chi connectivity index (χ3v) is 6.93. The molecule has 4 rings (SSSR count). The second kappa shape index (κ2) is 10.4. The molecule has 0 spiro atoms. The molecule has 1 atom stereocenters. The fourth-order valence-corrected chi connectivity index (χ4v) is 4.94. The number of aromatic nitrogens is 1. The molecule has 7 nitrogen and oxygen atoms in total. The predicted molar refractivity (Wildman–Crippen MR) is 144 cm³/mol. The number of sulfone groups is 1. The summed E-state index contributed by atoms with van der Waals surface area (Å²) in [6, 6.07) is 21.3. The number of nitrogens with two attached hydrogens (primary N) is 1. The first-order valence-corrected chi connectivity index (χ1v) is 13.5. The maximum atomic E-state index is 13.2. The van der Waals surface area contributed by atoms with E-state index in [0.717, 1.165) is 16.3 Å². The van der Waals surface area contributed by atoms with E-state index in [1.54, 1.807) is 60.8 Å². The zero-order chi connectivity index (χ0) is 25.9. The van der Waals surface area contributed by atoms with Gasteiger partial charge in [-0.15, -0.1) is 0 Å². The third-order valence-electron chi connectivity index (χ3n) is 5.77. The molecule has 0 bridgehead atoms. The molecular formula is C28H29N3O4S. The topological polar surface area (TPSA) is 111 Å². The lowest BCUT2D eigenvalue weighted by Gasteiger charge is -2.21. The van der Waals surface area contributed by atoms with Crippen LogP contribution in [0.3, 0.4) is 0 Å². The molecular weight excluding hydrogens is 474 g/mol. The van der Waals surface area contributed by atoms with Crippen LogP contribution in [0.5, 0.6) is 5.75 Å². The fraction of sp³-hybridized carbons (Fsp3) is 0.214. The van der Waals surface area contributed by atoms with Gasteiger partial charge in [-0.25, -0.2) is 13.4 Å². The van der Waals surface area contributed by atoms with E-state index in [1.807, 2.05) is 32.0 Å². The predicted octanol–water partition coefficient (Wildman–Crippen LogP) is 5.32. The molecule has 1 aromatic heterocycles. The van der Waals surface area contributed by atoms with Crippen LogP contribution in [0.1, 0.15) is 20.3 Å². The summed E-state index contributed by atoms with van der Waals surface area (Å²) in [6.07, 6.45) is 2.64. The van der Waals surface area contributed by atoms with Gasteiger partial charge in [-0.05, 0) is 59.7 Å². The minimum atomic E-state index is -3.38. The SMILES string of the molecule is CC(C)CC(Oc1ccc2ccnc(N)c2c1)C(=O)Nc1ccc(-c2ccccc2S(C)(=O)=O)cc1. The van der Waals surface area contributed by atoms with Crippen LogP contribution in [0.4, 0.5) is 11.5 Å². The Bertz CT molecular complexity index is 1500. The van der Waals surface area contributed by atoms with Gasteiger partial charge in [0.05, 0.1) is 4.90 Å². The number of hydrogen-bond acceptors (Lipinski definition) is 6. The highest BCUT2D eigenvalue weighted by Crippen LogP contribution is 2.29. The average molecular weight is 504 g/mol. The number of fused-ring (bicyclic) bond motifs is 1. The van der Waals surface area contributed by atoms with Gasteiger partial charge >= 0.3 is 0 Å². The van der Waals surface area contributed by atoms with Crippen LogP contribution in [0, 0.1) is 5.92 Å². The minimum Gasteiger partial charge on any atom is -0.481 e. The van der Waals surface area contributed by atoms with Gasteiger partial charge in [0, 0.05) is 29.1 Å². The summed E-state index contributed by atoms with van der Waals surface area (Å²) in [4.78, 5) is 17.6. The summed E-state index contributed by atoms with van der Waals surface area (Å²) in [5.74, 6) is 0.895. The van der Waals surface area contributed by atoms with E-state index < -0.39 is 15.9 Å². The molecule has 36 heavy (non-hydrogen) atoms. The summed E-state index contributed by atoms with van der Waals surface area (Å²) in [6.45, 7) is 4.06. The van der Waals surface area contributed by atoms with Crippen LogP contribution in [0.2, 0.25) is 0 Å². The number of carbonyl (C=O) groups is 1. The molecule has 0 aliphatic heterocycles. The summed E-state index contributed by atoms with van der Waals surface area (Å²) in [5.41, 5.74) is 7.95. The Balaban J connectivity index is 1.53. The normalized spacial score (nSPS) is 12.4. The number of nitrogens with zero attached hydrogens (tertiary/aromatic N) is 1. The second-order valence-electron chi connectivity index (χ2n) is 9.15. The lowest BCUT2D eigenvalue weighted by Crippen LogP contribution is -2.34. The van der Waals surface area contributed by atoms with Gasteiger partial charge < -0.3 is 15.8 Å². The first-order valence-electron chi connectivity index (χ1n) is 11.6. The van der Waals surface area contributed by atoms with Crippen LogP contribution in [0.15, 0.2) is 83.9 Å². The van der Waals surface area contributed by atoms with Gasteiger partial charge in [0.2, 0.25) is 0 Å². The molecule has 186 valence electrons. The molecule has 0 radical (unpaired) electrons. The highest BCUT2D eigenvalue weighted by molar-refractivity contribution is 7.90.